The Labute approximate surface area is 147 Å². The average molecular weight is 344 g/mol. The molecule has 1 fully saturated rings. The first-order valence-corrected chi connectivity index (χ1v) is 9.33. The molecular weight excluding hydrogens is 320 g/mol. The Morgan fingerprint density at radius 3 is 2.92 bits per heavy atom. The van der Waals surface area contributed by atoms with Crippen LogP contribution in [0.3, 0.4) is 0 Å². The molecule has 6 heteroatoms. The molecule has 0 unspecified atom stereocenters. The molecule has 2 N–H and O–H groups in total. The van der Waals surface area contributed by atoms with Gasteiger partial charge in [-0.15, -0.1) is 0 Å². The van der Waals surface area contributed by atoms with Crippen LogP contribution in [0.5, 0.6) is 0 Å². The van der Waals surface area contributed by atoms with Gasteiger partial charge in [0.1, 0.15) is 5.82 Å². The summed E-state index contributed by atoms with van der Waals surface area (Å²) in [5.41, 5.74) is 1.22. The number of benzene rings is 1. The van der Waals surface area contributed by atoms with Crippen LogP contribution in [0.25, 0.3) is 0 Å². The molecule has 1 saturated heterocycles. The predicted octanol–water partition coefficient (Wildman–Crippen LogP) is 3.02. The van der Waals surface area contributed by atoms with Crippen LogP contribution in [0.1, 0.15) is 31.2 Å². The van der Waals surface area contributed by atoms with E-state index < -0.39 is 0 Å². The van der Waals surface area contributed by atoms with E-state index in [0.717, 1.165) is 12.4 Å². The lowest BCUT2D eigenvalue weighted by Gasteiger charge is -2.22. The molecule has 1 aliphatic rings. The van der Waals surface area contributed by atoms with E-state index in [-0.39, 0.29) is 10.8 Å². The molecule has 0 radical (unpaired) electrons. The zero-order valence-corrected chi connectivity index (χ0v) is 14.8. The van der Waals surface area contributed by atoms with Gasteiger partial charge in [0.15, 0.2) is 0 Å². The lowest BCUT2D eigenvalue weighted by atomic mass is 10.1. The fraction of sp³-hybridized carbons (Fsp3) is 0.444. The van der Waals surface area contributed by atoms with E-state index >= 15 is 0 Å². The van der Waals surface area contributed by atoms with Crippen molar-refractivity contribution in [2.24, 2.45) is 0 Å². The fourth-order valence-electron chi connectivity index (χ4n) is 2.90. The number of hydrogen-bond acceptors (Lipinski definition) is 3. The van der Waals surface area contributed by atoms with Crippen molar-refractivity contribution in [3.63, 3.8) is 0 Å². The van der Waals surface area contributed by atoms with E-state index in [1.54, 1.807) is 6.20 Å². The number of nitrogens with one attached hydrogen (secondary N) is 2. The Hall–Kier alpha value is -1.95. The number of nitrogens with zero attached hydrogens (tertiary/aromatic N) is 2. The summed E-state index contributed by atoms with van der Waals surface area (Å²) in [4.78, 5) is 16.4. The van der Waals surface area contributed by atoms with Gasteiger partial charge >= 0.3 is 6.03 Å². The van der Waals surface area contributed by atoms with Crippen LogP contribution in [-0.2, 0) is 13.1 Å². The van der Waals surface area contributed by atoms with E-state index in [0.29, 0.717) is 13.1 Å². The second-order valence-electron chi connectivity index (χ2n) is 6.40. The normalized spacial score (nSPS) is 20.0. The zero-order valence-electron chi connectivity index (χ0n) is 14.0. The Kier molecular flexibility index (Phi) is 5.45. The first-order chi connectivity index (χ1) is 11.6. The van der Waals surface area contributed by atoms with Gasteiger partial charge in [-0.1, -0.05) is 30.3 Å². The van der Waals surface area contributed by atoms with Gasteiger partial charge in [0.25, 0.3) is 0 Å². The van der Waals surface area contributed by atoms with Crippen molar-refractivity contribution in [2.75, 3.05) is 12.3 Å². The maximum absolute atomic E-state index is 12.0. The molecule has 5 nitrogen and oxygen atoms in total. The molecule has 0 bridgehead atoms. The van der Waals surface area contributed by atoms with Crippen molar-refractivity contribution in [2.45, 2.75) is 37.6 Å². The number of urea groups is 1. The van der Waals surface area contributed by atoms with Crippen LogP contribution in [-0.4, -0.2) is 32.6 Å². The highest BCUT2D eigenvalue weighted by Gasteiger charge is 2.29. The first-order valence-electron chi connectivity index (χ1n) is 8.34. The van der Waals surface area contributed by atoms with Crippen LogP contribution in [0, 0.1) is 0 Å². The Morgan fingerprint density at radius 1 is 1.33 bits per heavy atom. The molecular formula is C18H24N4OS. The minimum Gasteiger partial charge on any atom is -0.337 e. The highest BCUT2D eigenvalue weighted by atomic mass is 32.2. The highest BCUT2D eigenvalue weighted by molar-refractivity contribution is 8.00. The van der Waals surface area contributed by atoms with Crippen molar-refractivity contribution in [1.29, 1.82) is 0 Å². The van der Waals surface area contributed by atoms with E-state index in [1.807, 2.05) is 36.2 Å². The molecule has 0 aliphatic carbocycles. The van der Waals surface area contributed by atoms with E-state index in [4.69, 9.17) is 0 Å². The average Bonchev–Trinajstić information content (AvgIpc) is 3.22. The number of thioether (sulfide) groups is 1. The van der Waals surface area contributed by atoms with Gasteiger partial charge in [0.2, 0.25) is 0 Å². The number of aromatic nitrogens is 2. The molecule has 1 aromatic carbocycles. The van der Waals surface area contributed by atoms with Gasteiger partial charge in [-0.25, -0.2) is 9.78 Å². The molecule has 2 heterocycles. The van der Waals surface area contributed by atoms with Crippen molar-refractivity contribution in [3.8, 4) is 0 Å². The summed E-state index contributed by atoms with van der Waals surface area (Å²) in [5, 5.41) is 5.90. The van der Waals surface area contributed by atoms with Crippen LogP contribution in [0.4, 0.5) is 4.79 Å². The number of hydrogen-bond donors (Lipinski definition) is 2. The SMILES string of the molecule is C[C@]1(CNC(=O)NCc2nccn2Cc2ccccc2)CCCS1. The number of carbonyl (C=O) groups excluding carboxylic acids is 1. The summed E-state index contributed by atoms with van der Waals surface area (Å²) in [6.45, 7) is 4.11. The Morgan fingerprint density at radius 2 is 2.17 bits per heavy atom. The van der Waals surface area contributed by atoms with Gasteiger partial charge in [0.05, 0.1) is 6.54 Å². The number of amides is 2. The second-order valence-corrected chi connectivity index (χ2v) is 8.08. The highest BCUT2D eigenvalue weighted by Crippen LogP contribution is 2.36. The molecule has 0 saturated carbocycles. The maximum atomic E-state index is 12.0. The van der Waals surface area contributed by atoms with Crippen molar-refractivity contribution < 1.29 is 4.79 Å². The summed E-state index contributed by atoms with van der Waals surface area (Å²) in [6.07, 6.45) is 6.12. The van der Waals surface area contributed by atoms with Gasteiger partial charge in [-0.3, -0.25) is 0 Å². The van der Waals surface area contributed by atoms with E-state index in [9.17, 15) is 4.79 Å². The van der Waals surface area contributed by atoms with Gasteiger partial charge < -0.3 is 15.2 Å². The van der Waals surface area contributed by atoms with Crippen molar-refractivity contribution in [1.82, 2.24) is 20.2 Å². The molecule has 1 aromatic heterocycles. The zero-order chi connectivity index (χ0) is 16.8. The summed E-state index contributed by atoms with van der Waals surface area (Å²) < 4.78 is 2.24. The summed E-state index contributed by atoms with van der Waals surface area (Å²) in [7, 11) is 0. The summed E-state index contributed by atoms with van der Waals surface area (Å²) >= 11 is 1.95. The molecule has 128 valence electrons. The lowest BCUT2D eigenvalue weighted by molar-refractivity contribution is 0.239. The van der Waals surface area contributed by atoms with E-state index in [1.165, 1.54) is 24.2 Å². The first kappa shape index (κ1) is 16.9. The Bertz CT molecular complexity index is 665. The van der Waals surface area contributed by atoms with Crippen LogP contribution in [0.15, 0.2) is 42.7 Å². The standard InChI is InChI=1S/C18H24N4OS/c1-18(8-5-11-24-18)14-21-17(23)20-12-16-19-9-10-22(16)13-15-6-3-2-4-7-15/h2-4,6-7,9-10H,5,8,11-14H2,1H3,(H2,20,21,23)/t18-/m1/s1. The molecule has 2 amide bonds. The minimum absolute atomic E-state index is 0.127. The summed E-state index contributed by atoms with van der Waals surface area (Å²) in [5.74, 6) is 2.05. The number of rotatable bonds is 6. The minimum atomic E-state index is -0.127. The number of carbonyl (C=O) groups is 1. The van der Waals surface area contributed by atoms with Gasteiger partial charge in [0, 0.05) is 30.2 Å². The van der Waals surface area contributed by atoms with Gasteiger partial charge in [-0.05, 0) is 31.1 Å². The molecule has 2 aromatic rings. The van der Waals surface area contributed by atoms with E-state index in [2.05, 4.69) is 39.2 Å². The fourth-order valence-corrected chi connectivity index (χ4v) is 4.14. The largest absolute Gasteiger partial charge is 0.337 e. The number of imidazole rings is 1. The quantitative estimate of drug-likeness (QED) is 0.847. The third-order valence-corrected chi connectivity index (χ3v) is 5.87. The smallest absolute Gasteiger partial charge is 0.315 e. The summed E-state index contributed by atoms with van der Waals surface area (Å²) in [6, 6.07) is 10.1. The molecule has 3 rings (SSSR count). The third-order valence-electron chi connectivity index (χ3n) is 4.33. The monoisotopic (exact) mass is 344 g/mol. The van der Waals surface area contributed by atoms with Crippen LogP contribution >= 0.6 is 11.8 Å². The molecule has 24 heavy (non-hydrogen) atoms. The Balaban J connectivity index is 1.48. The lowest BCUT2D eigenvalue weighted by Crippen LogP contribution is -2.42. The van der Waals surface area contributed by atoms with Crippen molar-refractivity contribution >= 4 is 17.8 Å². The van der Waals surface area contributed by atoms with Crippen LogP contribution in [0.2, 0.25) is 0 Å². The second kappa shape index (κ2) is 7.75. The molecule has 0 spiro atoms. The topological polar surface area (TPSA) is 59.0 Å². The molecule has 1 atom stereocenters. The maximum Gasteiger partial charge on any atom is 0.315 e. The van der Waals surface area contributed by atoms with Crippen molar-refractivity contribution in [3.05, 3.63) is 54.1 Å². The van der Waals surface area contributed by atoms with Gasteiger partial charge in [-0.2, -0.15) is 11.8 Å². The molecule has 1 aliphatic heterocycles. The van der Waals surface area contributed by atoms with Crippen LogP contribution < -0.4 is 10.6 Å². The predicted molar refractivity (Wildman–Crippen MR) is 98.1 cm³/mol. The third kappa shape index (κ3) is 4.54.